The Bertz CT molecular complexity index is 1130. The van der Waals surface area contributed by atoms with Crippen molar-refractivity contribution in [2.45, 2.75) is 38.8 Å². The number of likely N-dealkylation sites (tertiary alicyclic amines) is 1. The number of allylic oxidation sites excluding steroid dienone is 2. The van der Waals surface area contributed by atoms with Crippen molar-refractivity contribution in [2.75, 3.05) is 35.0 Å². The van der Waals surface area contributed by atoms with Crippen LogP contribution in [0.15, 0.2) is 53.8 Å². The minimum Gasteiger partial charge on any atom is -0.490 e. The predicted molar refractivity (Wildman–Crippen MR) is 138 cm³/mol. The Kier molecular flexibility index (Phi) is 10.8. The van der Waals surface area contributed by atoms with E-state index in [2.05, 4.69) is 4.74 Å². The van der Waals surface area contributed by atoms with E-state index in [1.807, 2.05) is 0 Å². The first-order valence-corrected chi connectivity index (χ1v) is 12.2. The number of carbonyl (C=O) groups excluding carboxylic acids is 5. The van der Waals surface area contributed by atoms with Crippen LogP contribution in [0.4, 0.5) is 0 Å². The molecule has 0 spiro atoms. The van der Waals surface area contributed by atoms with Gasteiger partial charge in [0.2, 0.25) is 5.76 Å². The zero-order valence-electron chi connectivity index (χ0n) is 23.2. The van der Waals surface area contributed by atoms with Crippen LogP contribution in [0.3, 0.4) is 0 Å². The second-order valence-electron chi connectivity index (χ2n) is 9.69. The van der Waals surface area contributed by atoms with Crippen molar-refractivity contribution < 1.29 is 47.7 Å². The Morgan fingerprint density at radius 2 is 1.49 bits per heavy atom. The van der Waals surface area contributed by atoms with Crippen LogP contribution in [0.1, 0.15) is 37.6 Å². The summed E-state index contributed by atoms with van der Waals surface area (Å²) in [7, 11) is 4.76. The molecule has 3 atom stereocenters. The number of carbonyl (C=O) groups is 5. The number of ether oxygens (including phenoxy) is 5. The van der Waals surface area contributed by atoms with Crippen LogP contribution in [0.25, 0.3) is 0 Å². The van der Waals surface area contributed by atoms with Gasteiger partial charge < -0.3 is 28.6 Å². The van der Waals surface area contributed by atoms with Gasteiger partial charge >= 0.3 is 23.9 Å². The second-order valence-corrected chi connectivity index (χ2v) is 9.69. The van der Waals surface area contributed by atoms with E-state index in [-0.39, 0.29) is 24.3 Å². The molecule has 0 bridgehead atoms. The van der Waals surface area contributed by atoms with Crippen LogP contribution in [0.5, 0.6) is 0 Å². The molecule has 1 saturated heterocycles. The van der Waals surface area contributed by atoms with E-state index < -0.39 is 53.3 Å². The molecule has 0 N–H and O–H groups in total. The van der Waals surface area contributed by atoms with E-state index in [1.54, 1.807) is 51.1 Å². The molecule has 11 heteroatoms. The van der Waals surface area contributed by atoms with Crippen molar-refractivity contribution in [1.29, 1.82) is 0 Å². The first kappa shape index (κ1) is 31.1. The number of nitrogens with zero attached hydrogens (tertiary/aromatic N) is 1. The van der Waals surface area contributed by atoms with Crippen molar-refractivity contribution in [3.05, 3.63) is 59.4 Å². The van der Waals surface area contributed by atoms with Crippen LogP contribution in [0, 0.1) is 11.8 Å². The van der Waals surface area contributed by atoms with Crippen LogP contribution >= 0.6 is 0 Å². The number of amides is 1. The number of esters is 4. The fourth-order valence-corrected chi connectivity index (χ4v) is 4.40. The SMILES string of the molecule is COC(=O)/C(=C\C=C(\OC)C(=O)OC)[C@@H]1CN(C(=O)c2ccccc2)[C@H](C(=O)OC)[C@H]1CC(=O)OC(C)(C)C. The molecule has 1 aliphatic heterocycles. The lowest BCUT2D eigenvalue weighted by atomic mass is 9.82. The van der Waals surface area contributed by atoms with Gasteiger partial charge in [-0.15, -0.1) is 0 Å². The Labute approximate surface area is 227 Å². The Hall–Kier alpha value is -4.15. The molecule has 1 fully saturated rings. The van der Waals surface area contributed by atoms with Crippen LogP contribution in [-0.4, -0.2) is 81.3 Å². The van der Waals surface area contributed by atoms with Gasteiger partial charge in [0.05, 0.1) is 34.9 Å². The summed E-state index contributed by atoms with van der Waals surface area (Å²) < 4.78 is 25.2. The van der Waals surface area contributed by atoms with Crippen molar-refractivity contribution in [3.8, 4) is 0 Å². The average molecular weight is 546 g/mol. The van der Waals surface area contributed by atoms with Crippen LogP contribution < -0.4 is 0 Å². The molecule has 11 nitrogen and oxygen atoms in total. The first-order chi connectivity index (χ1) is 18.4. The maximum atomic E-state index is 13.6. The van der Waals surface area contributed by atoms with Crippen molar-refractivity contribution in [1.82, 2.24) is 4.90 Å². The molecule has 0 saturated carbocycles. The summed E-state index contributed by atoms with van der Waals surface area (Å²) >= 11 is 0. The smallest absolute Gasteiger partial charge is 0.373 e. The maximum Gasteiger partial charge on any atom is 0.373 e. The highest BCUT2D eigenvalue weighted by atomic mass is 16.6. The van der Waals surface area contributed by atoms with Crippen molar-refractivity contribution in [3.63, 3.8) is 0 Å². The van der Waals surface area contributed by atoms with E-state index in [9.17, 15) is 24.0 Å². The largest absolute Gasteiger partial charge is 0.490 e. The minimum absolute atomic E-state index is 0.00164. The third-order valence-electron chi connectivity index (χ3n) is 6.04. The zero-order valence-corrected chi connectivity index (χ0v) is 23.2. The zero-order chi connectivity index (χ0) is 29.3. The van der Waals surface area contributed by atoms with E-state index >= 15 is 0 Å². The lowest BCUT2D eigenvalue weighted by Gasteiger charge is -2.27. The van der Waals surface area contributed by atoms with Gasteiger partial charge in [-0.05, 0) is 45.1 Å². The molecule has 1 heterocycles. The molecule has 1 amide bonds. The average Bonchev–Trinajstić information content (AvgIpc) is 3.27. The molecule has 39 heavy (non-hydrogen) atoms. The van der Waals surface area contributed by atoms with Crippen LogP contribution in [0.2, 0.25) is 0 Å². The molecular weight excluding hydrogens is 510 g/mol. The summed E-state index contributed by atoms with van der Waals surface area (Å²) in [6.45, 7) is 4.97. The molecule has 0 radical (unpaired) electrons. The van der Waals surface area contributed by atoms with E-state index in [0.29, 0.717) is 5.56 Å². The summed E-state index contributed by atoms with van der Waals surface area (Å²) in [6.07, 6.45) is 2.20. The highest BCUT2D eigenvalue weighted by Crippen LogP contribution is 2.39. The fraction of sp³-hybridized carbons (Fsp3) is 0.464. The molecule has 212 valence electrons. The molecule has 0 aliphatic carbocycles. The standard InChI is InChI=1S/C28H35NO10/c1-28(2,3)39-22(30)15-19-20(18(25(32)36-5)13-14-21(35-4)26(33)37-6)16-29(23(19)27(34)38-7)24(31)17-11-9-8-10-12-17/h8-14,19-20,23H,15-16H2,1-7H3/b18-13-,21-14+/t19-,20-,23-/m0/s1. The first-order valence-electron chi connectivity index (χ1n) is 12.2. The Morgan fingerprint density at radius 3 is 2.00 bits per heavy atom. The van der Waals surface area contributed by atoms with Gasteiger partial charge in [-0.3, -0.25) is 9.59 Å². The Balaban J connectivity index is 2.69. The number of rotatable bonds is 9. The molecule has 0 unspecified atom stereocenters. The van der Waals surface area contributed by atoms with Gasteiger partial charge in [-0.2, -0.15) is 0 Å². The van der Waals surface area contributed by atoms with Crippen molar-refractivity contribution >= 4 is 29.8 Å². The van der Waals surface area contributed by atoms with E-state index in [4.69, 9.17) is 18.9 Å². The second kappa shape index (κ2) is 13.6. The number of hydrogen-bond acceptors (Lipinski definition) is 10. The third kappa shape index (κ3) is 7.92. The topological polar surface area (TPSA) is 135 Å². The lowest BCUT2D eigenvalue weighted by Crippen LogP contribution is -2.44. The molecular formula is C28H35NO10. The van der Waals surface area contributed by atoms with Gasteiger partial charge in [0.1, 0.15) is 11.6 Å². The van der Waals surface area contributed by atoms with E-state index in [1.165, 1.54) is 45.5 Å². The number of methoxy groups -OCH3 is 4. The lowest BCUT2D eigenvalue weighted by molar-refractivity contribution is -0.157. The summed E-state index contributed by atoms with van der Waals surface area (Å²) in [5, 5.41) is 0. The fourth-order valence-electron chi connectivity index (χ4n) is 4.40. The molecule has 2 rings (SSSR count). The molecule has 1 aromatic carbocycles. The summed E-state index contributed by atoms with van der Waals surface area (Å²) in [4.78, 5) is 65.9. The van der Waals surface area contributed by atoms with E-state index in [0.717, 1.165) is 0 Å². The molecule has 0 aromatic heterocycles. The van der Waals surface area contributed by atoms with Crippen molar-refractivity contribution in [2.24, 2.45) is 11.8 Å². The number of hydrogen-bond donors (Lipinski definition) is 0. The predicted octanol–water partition coefficient (Wildman–Crippen LogP) is 2.45. The van der Waals surface area contributed by atoms with Gasteiger partial charge in [0, 0.05) is 29.5 Å². The summed E-state index contributed by atoms with van der Waals surface area (Å²) in [5.74, 6) is -5.48. The molecule has 1 aromatic rings. The quantitative estimate of drug-likeness (QED) is 0.150. The highest BCUT2D eigenvalue weighted by Gasteiger charge is 2.51. The van der Waals surface area contributed by atoms with Gasteiger partial charge in [-0.25, -0.2) is 14.4 Å². The normalized spacial score (nSPS) is 19.7. The third-order valence-corrected chi connectivity index (χ3v) is 6.04. The summed E-state index contributed by atoms with van der Waals surface area (Å²) in [5.41, 5.74) is -0.510. The monoisotopic (exact) mass is 545 g/mol. The Morgan fingerprint density at radius 1 is 0.872 bits per heavy atom. The van der Waals surface area contributed by atoms with Crippen LogP contribution in [-0.2, 0) is 42.9 Å². The van der Waals surface area contributed by atoms with Gasteiger partial charge in [0.15, 0.2) is 0 Å². The van der Waals surface area contributed by atoms with Gasteiger partial charge in [0.25, 0.3) is 5.91 Å². The maximum absolute atomic E-state index is 13.6. The summed E-state index contributed by atoms with van der Waals surface area (Å²) in [6, 6.07) is 7.05. The molecule has 1 aliphatic rings. The van der Waals surface area contributed by atoms with Gasteiger partial charge in [-0.1, -0.05) is 18.2 Å². The minimum atomic E-state index is -1.22. The highest BCUT2D eigenvalue weighted by molar-refractivity contribution is 5.98. The number of benzene rings is 1.